The van der Waals surface area contributed by atoms with Crippen LogP contribution in [0.15, 0.2) is 59.1 Å². The third-order valence-electron chi connectivity index (χ3n) is 5.77. The lowest BCUT2D eigenvalue weighted by atomic mass is 9.90. The predicted octanol–water partition coefficient (Wildman–Crippen LogP) is 3.84. The number of likely N-dealkylation sites (tertiary alicyclic amines) is 1. The number of rotatable bonds is 4. The number of carbonyl (C=O) groups excluding carboxylic acids is 1. The lowest BCUT2D eigenvalue weighted by Crippen LogP contribution is -2.48. The van der Waals surface area contributed by atoms with Crippen molar-refractivity contribution < 1.29 is 4.79 Å². The molecule has 2 aromatic carbocycles. The minimum Gasteiger partial charge on any atom is -0.341 e. The van der Waals surface area contributed by atoms with Gasteiger partial charge in [-0.05, 0) is 54.9 Å². The fourth-order valence-electron chi connectivity index (χ4n) is 4.16. The summed E-state index contributed by atoms with van der Waals surface area (Å²) < 4.78 is 1.07. The van der Waals surface area contributed by atoms with Crippen LogP contribution in [0.5, 0.6) is 0 Å². The molecular weight excluding hydrogens is 402 g/mol. The molecule has 2 aliphatic heterocycles. The first-order chi connectivity index (χ1) is 13.2. The van der Waals surface area contributed by atoms with E-state index in [1.54, 1.807) is 0 Å². The number of hydrogen-bond donors (Lipinski definition) is 2. The van der Waals surface area contributed by atoms with Crippen LogP contribution in [0.4, 0.5) is 0 Å². The number of halogens is 1. The zero-order chi connectivity index (χ0) is 18.6. The highest BCUT2D eigenvalue weighted by Gasteiger charge is 2.34. The van der Waals surface area contributed by atoms with Gasteiger partial charge in [-0.15, -0.1) is 0 Å². The summed E-state index contributed by atoms with van der Waals surface area (Å²) in [5.74, 6) is 0.918. The smallest absolute Gasteiger partial charge is 0.241 e. The van der Waals surface area contributed by atoms with Crippen molar-refractivity contribution in [1.82, 2.24) is 15.8 Å². The standard InChI is InChI=1S/C22H26BrN3O/c23-19-8-6-18(7-9-19)20-15-21(25-24-20)22(27)26-12-10-17(11-13-26)14-16-4-2-1-3-5-16/h1-9,17,20-21,24-25H,10-15H2. The highest BCUT2D eigenvalue weighted by molar-refractivity contribution is 9.10. The lowest BCUT2D eigenvalue weighted by Gasteiger charge is -2.33. The van der Waals surface area contributed by atoms with Gasteiger partial charge in [0.15, 0.2) is 0 Å². The van der Waals surface area contributed by atoms with Gasteiger partial charge in [-0.2, -0.15) is 0 Å². The Morgan fingerprint density at radius 3 is 2.41 bits per heavy atom. The van der Waals surface area contributed by atoms with Crippen molar-refractivity contribution in [2.24, 2.45) is 5.92 Å². The summed E-state index contributed by atoms with van der Waals surface area (Å²) >= 11 is 3.47. The molecule has 0 radical (unpaired) electrons. The fourth-order valence-corrected chi connectivity index (χ4v) is 4.42. The Labute approximate surface area is 169 Å². The number of amides is 1. The summed E-state index contributed by atoms with van der Waals surface area (Å²) in [7, 11) is 0. The van der Waals surface area contributed by atoms with E-state index < -0.39 is 0 Å². The quantitative estimate of drug-likeness (QED) is 0.778. The number of hydrazine groups is 1. The van der Waals surface area contributed by atoms with Crippen LogP contribution in [0, 0.1) is 5.92 Å². The summed E-state index contributed by atoms with van der Waals surface area (Å²) in [6.07, 6.45) is 4.11. The molecule has 0 aromatic heterocycles. The Balaban J connectivity index is 1.28. The van der Waals surface area contributed by atoms with Crippen molar-refractivity contribution in [2.45, 2.75) is 37.8 Å². The number of piperidine rings is 1. The Hall–Kier alpha value is -1.69. The van der Waals surface area contributed by atoms with Gasteiger partial charge in [0.2, 0.25) is 5.91 Å². The molecule has 2 heterocycles. The molecule has 2 atom stereocenters. The first-order valence-electron chi connectivity index (χ1n) is 9.78. The molecule has 2 aliphatic rings. The largest absolute Gasteiger partial charge is 0.341 e. The van der Waals surface area contributed by atoms with E-state index in [0.29, 0.717) is 5.92 Å². The summed E-state index contributed by atoms with van der Waals surface area (Å²) in [6.45, 7) is 1.74. The zero-order valence-electron chi connectivity index (χ0n) is 15.4. The average Bonchev–Trinajstić information content (AvgIpc) is 3.20. The molecule has 142 valence electrons. The van der Waals surface area contributed by atoms with E-state index in [-0.39, 0.29) is 18.0 Å². The molecule has 2 unspecified atom stereocenters. The molecule has 2 saturated heterocycles. The first kappa shape index (κ1) is 18.7. The van der Waals surface area contributed by atoms with Crippen LogP contribution in [0.2, 0.25) is 0 Å². The van der Waals surface area contributed by atoms with Crippen LogP contribution in [-0.4, -0.2) is 29.9 Å². The first-order valence-corrected chi connectivity index (χ1v) is 10.6. The highest BCUT2D eigenvalue weighted by atomic mass is 79.9. The topological polar surface area (TPSA) is 44.4 Å². The fraction of sp³-hybridized carbons (Fsp3) is 0.409. The Morgan fingerprint density at radius 2 is 1.70 bits per heavy atom. The Kier molecular flexibility index (Phi) is 5.91. The van der Waals surface area contributed by atoms with Gasteiger partial charge >= 0.3 is 0 Å². The molecule has 4 rings (SSSR count). The second-order valence-corrected chi connectivity index (χ2v) is 8.56. The molecule has 0 spiro atoms. The van der Waals surface area contributed by atoms with Crippen LogP contribution in [-0.2, 0) is 11.2 Å². The van der Waals surface area contributed by atoms with E-state index in [1.165, 1.54) is 11.1 Å². The van der Waals surface area contributed by atoms with E-state index >= 15 is 0 Å². The lowest BCUT2D eigenvalue weighted by molar-refractivity contribution is -0.134. The number of carbonyl (C=O) groups is 1. The molecule has 2 fully saturated rings. The molecule has 4 nitrogen and oxygen atoms in total. The average molecular weight is 428 g/mol. The third-order valence-corrected chi connectivity index (χ3v) is 6.30. The zero-order valence-corrected chi connectivity index (χ0v) is 17.0. The van der Waals surface area contributed by atoms with Crippen molar-refractivity contribution in [3.8, 4) is 0 Å². The van der Waals surface area contributed by atoms with Crippen LogP contribution < -0.4 is 10.9 Å². The monoisotopic (exact) mass is 427 g/mol. The van der Waals surface area contributed by atoms with Crippen LogP contribution in [0.25, 0.3) is 0 Å². The number of nitrogens with one attached hydrogen (secondary N) is 2. The summed E-state index contributed by atoms with van der Waals surface area (Å²) in [6, 6.07) is 19.0. The van der Waals surface area contributed by atoms with Gasteiger partial charge in [-0.1, -0.05) is 58.4 Å². The molecule has 2 N–H and O–H groups in total. The minimum atomic E-state index is -0.135. The molecule has 27 heavy (non-hydrogen) atoms. The normalized spacial score (nSPS) is 23.5. The molecule has 5 heteroatoms. The molecule has 0 aliphatic carbocycles. The van der Waals surface area contributed by atoms with Gasteiger partial charge in [-0.3, -0.25) is 4.79 Å². The molecule has 0 saturated carbocycles. The Morgan fingerprint density at radius 1 is 1.00 bits per heavy atom. The van der Waals surface area contributed by atoms with Crippen molar-refractivity contribution in [1.29, 1.82) is 0 Å². The SMILES string of the molecule is O=C(C1CC(c2ccc(Br)cc2)NN1)N1CCC(Cc2ccccc2)CC1. The minimum absolute atomic E-state index is 0.135. The summed E-state index contributed by atoms with van der Waals surface area (Å²) in [5.41, 5.74) is 9.12. The van der Waals surface area contributed by atoms with Crippen LogP contribution in [0.1, 0.15) is 36.4 Å². The van der Waals surface area contributed by atoms with Crippen molar-refractivity contribution >= 4 is 21.8 Å². The Bertz CT molecular complexity index is 757. The number of hydrogen-bond acceptors (Lipinski definition) is 3. The second-order valence-electron chi connectivity index (χ2n) is 7.64. The third kappa shape index (κ3) is 4.60. The van der Waals surface area contributed by atoms with Gasteiger partial charge in [-0.25, -0.2) is 10.9 Å². The second kappa shape index (κ2) is 8.55. The van der Waals surface area contributed by atoms with E-state index in [4.69, 9.17) is 0 Å². The van der Waals surface area contributed by atoms with Crippen LogP contribution in [0.3, 0.4) is 0 Å². The molecule has 2 aromatic rings. The maximum Gasteiger partial charge on any atom is 0.241 e. The van der Waals surface area contributed by atoms with Crippen molar-refractivity contribution in [3.63, 3.8) is 0 Å². The predicted molar refractivity (Wildman–Crippen MR) is 111 cm³/mol. The van der Waals surface area contributed by atoms with Gasteiger partial charge in [0.05, 0.1) is 0 Å². The van der Waals surface area contributed by atoms with Crippen molar-refractivity contribution in [2.75, 3.05) is 13.1 Å². The van der Waals surface area contributed by atoms with Gasteiger partial charge in [0.1, 0.15) is 6.04 Å². The molecule has 0 bridgehead atoms. The maximum atomic E-state index is 12.9. The van der Waals surface area contributed by atoms with Gasteiger partial charge in [0, 0.05) is 23.6 Å². The van der Waals surface area contributed by atoms with E-state index in [2.05, 4.69) is 69.2 Å². The van der Waals surface area contributed by atoms with E-state index in [9.17, 15) is 4.79 Å². The van der Waals surface area contributed by atoms with Crippen LogP contribution >= 0.6 is 15.9 Å². The van der Waals surface area contributed by atoms with E-state index in [1.807, 2.05) is 17.0 Å². The molecule has 1 amide bonds. The molecular formula is C22H26BrN3O. The van der Waals surface area contributed by atoms with Crippen molar-refractivity contribution in [3.05, 3.63) is 70.2 Å². The number of benzene rings is 2. The van der Waals surface area contributed by atoms with Gasteiger partial charge < -0.3 is 4.90 Å². The summed E-state index contributed by atoms with van der Waals surface area (Å²) in [4.78, 5) is 15.0. The van der Waals surface area contributed by atoms with E-state index in [0.717, 1.165) is 43.2 Å². The summed E-state index contributed by atoms with van der Waals surface area (Å²) in [5, 5.41) is 0. The van der Waals surface area contributed by atoms with Gasteiger partial charge in [0.25, 0.3) is 0 Å². The highest BCUT2D eigenvalue weighted by Crippen LogP contribution is 2.26. The number of nitrogens with zero attached hydrogens (tertiary/aromatic N) is 1. The maximum absolute atomic E-state index is 12.9.